The highest BCUT2D eigenvalue weighted by atomic mass is 14.9. The summed E-state index contributed by atoms with van der Waals surface area (Å²) < 4.78 is 0. The third kappa shape index (κ3) is 4.71. The van der Waals surface area contributed by atoms with E-state index in [9.17, 15) is 0 Å². The van der Waals surface area contributed by atoms with E-state index in [-0.39, 0.29) is 0 Å². The van der Waals surface area contributed by atoms with Crippen LogP contribution in [0.4, 0.5) is 0 Å². The lowest BCUT2D eigenvalue weighted by molar-refractivity contribution is 0.226. The van der Waals surface area contributed by atoms with E-state index in [1.807, 2.05) is 0 Å². The van der Waals surface area contributed by atoms with E-state index >= 15 is 0 Å². The van der Waals surface area contributed by atoms with Gasteiger partial charge in [0.05, 0.1) is 0 Å². The maximum absolute atomic E-state index is 5.22. The van der Waals surface area contributed by atoms with Crippen molar-refractivity contribution in [2.24, 2.45) is 11.8 Å². The average molecular weight is 207 g/mol. The molecule has 1 aliphatic carbocycles. The zero-order chi connectivity index (χ0) is 11.1. The fraction of sp³-hybridized carbons (Fsp3) is 0.857. The molecule has 0 radical (unpaired) electrons. The molecule has 1 aliphatic rings. The monoisotopic (exact) mass is 207 g/mol. The van der Waals surface area contributed by atoms with Gasteiger partial charge in [0.2, 0.25) is 0 Å². The van der Waals surface area contributed by atoms with Gasteiger partial charge in [0.15, 0.2) is 0 Å². The first-order valence-electron chi connectivity index (χ1n) is 6.41. The third-order valence-electron chi connectivity index (χ3n) is 3.78. The Bertz CT molecular complexity index is 204. The van der Waals surface area contributed by atoms with Crippen LogP contribution in [0.5, 0.6) is 0 Å². The second kappa shape index (κ2) is 6.90. The zero-order valence-electron chi connectivity index (χ0n) is 10.3. The summed E-state index contributed by atoms with van der Waals surface area (Å²) in [5.74, 6) is 4.50. The molecule has 3 unspecified atom stereocenters. The summed E-state index contributed by atoms with van der Waals surface area (Å²) in [5, 5.41) is 3.66. The van der Waals surface area contributed by atoms with Crippen molar-refractivity contribution in [3.63, 3.8) is 0 Å². The summed E-state index contributed by atoms with van der Waals surface area (Å²) >= 11 is 0. The Morgan fingerprint density at radius 2 is 2.00 bits per heavy atom. The van der Waals surface area contributed by atoms with Gasteiger partial charge in [0.1, 0.15) is 0 Å². The van der Waals surface area contributed by atoms with Crippen molar-refractivity contribution >= 4 is 0 Å². The van der Waals surface area contributed by atoms with E-state index in [2.05, 4.69) is 25.1 Å². The van der Waals surface area contributed by atoms with E-state index in [4.69, 9.17) is 6.42 Å². The Morgan fingerprint density at radius 3 is 2.67 bits per heavy atom. The molecule has 0 aliphatic heterocycles. The summed E-state index contributed by atoms with van der Waals surface area (Å²) in [4.78, 5) is 0. The van der Waals surface area contributed by atoms with Crippen LogP contribution in [0.25, 0.3) is 0 Å². The van der Waals surface area contributed by atoms with Crippen LogP contribution in [-0.2, 0) is 0 Å². The van der Waals surface area contributed by atoms with Crippen molar-refractivity contribution in [3.05, 3.63) is 0 Å². The molecule has 0 amide bonds. The summed E-state index contributed by atoms with van der Waals surface area (Å²) in [6, 6.07) is 0.766. The Morgan fingerprint density at radius 1 is 1.20 bits per heavy atom. The molecule has 15 heavy (non-hydrogen) atoms. The number of terminal acetylenes is 1. The summed E-state index contributed by atoms with van der Waals surface area (Å²) in [6.07, 6.45) is 12.7. The highest BCUT2D eigenvalue weighted by Gasteiger charge is 2.23. The SMILES string of the molecule is C#CCCCCNC1CCC(C)C(C)C1. The highest BCUT2D eigenvalue weighted by Crippen LogP contribution is 2.29. The number of nitrogens with one attached hydrogen (secondary N) is 1. The van der Waals surface area contributed by atoms with Gasteiger partial charge in [-0.05, 0) is 50.5 Å². The minimum atomic E-state index is 0.766. The molecule has 0 aromatic carbocycles. The van der Waals surface area contributed by atoms with Crippen LogP contribution in [0, 0.1) is 24.2 Å². The van der Waals surface area contributed by atoms with Crippen molar-refractivity contribution in [2.75, 3.05) is 6.54 Å². The predicted octanol–water partition coefficient (Wildman–Crippen LogP) is 3.20. The molecule has 1 heteroatoms. The lowest BCUT2D eigenvalue weighted by Gasteiger charge is -2.32. The summed E-state index contributed by atoms with van der Waals surface area (Å²) in [5.41, 5.74) is 0. The standard InChI is InChI=1S/C14H25N/c1-4-5-6-7-10-15-14-9-8-12(2)13(3)11-14/h1,12-15H,5-11H2,2-3H3. The van der Waals surface area contributed by atoms with Gasteiger partial charge < -0.3 is 5.32 Å². The first-order chi connectivity index (χ1) is 7.24. The van der Waals surface area contributed by atoms with E-state index in [0.717, 1.165) is 30.8 Å². The molecule has 1 fully saturated rings. The van der Waals surface area contributed by atoms with Crippen molar-refractivity contribution < 1.29 is 0 Å². The number of rotatable bonds is 5. The van der Waals surface area contributed by atoms with Crippen LogP contribution < -0.4 is 5.32 Å². The van der Waals surface area contributed by atoms with Gasteiger partial charge in [-0.3, -0.25) is 0 Å². The number of unbranched alkanes of at least 4 members (excludes halogenated alkanes) is 2. The van der Waals surface area contributed by atoms with Crippen molar-refractivity contribution in [3.8, 4) is 12.3 Å². The summed E-state index contributed by atoms with van der Waals surface area (Å²) in [6.45, 7) is 5.91. The molecule has 0 saturated heterocycles. The van der Waals surface area contributed by atoms with Crippen molar-refractivity contribution in [1.29, 1.82) is 0 Å². The Balaban J connectivity index is 2.05. The minimum absolute atomic E-state index is 0.766. The Hall–Kier alpha value is -0.480. The number of hydrogen-bond donors (Lipinski definition) is 1. The van der Waals surface area contributed by atoms with Crippen LogP contribution in [0.3, 0.4) is 0 Å². The maximum atomic E-state index is 5.22. The van der Waals surface area contributed by atoms with Crippen LogP contribution in [0.2, 0.25) is 0 Å². The van der Waals surface area contributed by atoms with Gasteiger partial charge >= 0.3 is 0 Å². The molecule has 0 spiro atoms. The summed E-state index contributed by atoms with van der Waals surface area (Å²) in [7, 11) is 0. The number of hydrogen-bond acceptors (Lipinski definition) is 1. The Labute approximate surface area is 95.0 Å². The van der Waals surface area contributed by atoms with E-state index < -0.39 is 0 Å². The van der Waals surface area contributed by atoms with E-state index in [1.54, 1.807) is 0 Å². The molecule has 0 aromatic rings. The first-order valence-corrected chi connectivity index (χ1v) is 6.41. The largest absolute Gasteiger partial charge is 0.314 e. The first kappa shape index (κ1) is 12.6. The molecule has 1 nitrogen and oxygen atoms in total. The smallest absolute Gasteiger partial charge is 0.00865 e. The second-order valence-electron chi connectivity index (χ2n) is 5.08. The fourth-order valence-corrected chi connectivity index (χ4v) is 2.39. The third-order valence-corrected chi connectivity index (χ3v) is 3.78. The molecule has 1 saturated carbocycles. The molecular weight excluding hydrogens is 182 g/mol. The molecule has 86 valence electrons. The van der Waals surface area contributed by atoms with Crippen LogP contribution in [0.1, 0.15) is 52.4 Å². The van der Waals surface area contributed by atoms with Gasteiger partial charge in [-0.15, -0.1) is 12.3 Å². The topological polar surface area (TPSA) is 12.0 Å². The molecule has 1 N–H and O–H groups in total. The van der Waals surface area contributed by atoms with Crippen molar-refractivity contribution in [1.82, 2.24) is 5.32 Å². The second-order valence-corrected chi connectivity index (χ2v) is 5.08. The molecule has 3 atom stereocenters. The average Bonchev–Trinajstić information content (AvgIpc) is 2.23. The van der Waals surface area contributed by atoms with Gasteiger partial charge in [0, 0.05) is 12.5 Å². The van der Waals surface area contributed by atoms with Crippen LogP contribution in [0.15, 0.2) is 0 Å². The van der Waals surface area contributed by atoms with Gasteiger partial charge in [-0.2, -0.15) is 0 Å². The fourth-order valence-electron chi connectivity index (χ4n) is 2.39. The van der Waals surface area contributed by atoms with Crippen molar-refractivity contribution in [2.45, 2.75) is 58.4 Å². The van der Waals surface area contributed by atoms with E-state index in [1.165, 1.54) is 32.1 Å². The molecule has 0 heterocycles. The lowest BCUT2D eigenvalue weighted by Crippen LogP contribution is -2.36. The quantitative estimate of drug-likeness (QED) is 0.539. The molecular formula is C14H25N. The Kier molecular flexibility index (Phi) is 5.79. The van der Waals surface area contributed by atoms with Crippen LogP contribution >= 0.6 is 0 Å². The minimum Gasteiger partial charge on any atom is -0.314 e. The molecule has 1 rings (SSSR count). The maximum Gasteiger partial charge on any atom is 0.00865 e. The predicted molar refractivity (Wildman–Crippen MR) is 66.7 cm³/mol. The van der Waals surface area contributed by atoms with Crippen LogP contribution in [-0.4, -0.2) is 12.6 Å². The van der Waals surface area contributed by atoms with Gasteiger partial charge in [-0.25, -0.2) is 0 Å². The van der Waals surface area contributed by atoms with E-state index in [0.29, 0.717) is 0 Å². The van der Waals surface area contributed by atoms with Gasteiger partial charge in [0.25, 0.3) is 0 Å². The van der Waals surface area contributed by atoms with Gasteiger partial charge in [-0.1, -0.05) is 13.8 Å². The highest BCUT2D eigenvalue weighted by molar-refractivity contribution is 4.83. The lowest BCUT2D eigenvalue weighted by atomic mass is 9.79. The normalized spacial score (nSPS) is 31.1. The molecule has 0 aromatic heterocycles. The zero-order valence-corrected chi connectivity index (χ0v) is 10.3. The molecule has 0 bridgehead atoms.